The molecule has 1 aliphatic rings. The summed E-state index contributed by atoms with van der Waals surface area (Å²) in [4.78, 5) is 11.0. The second kappa shape index (κ2) is 3.42. The maximum absolute atomic E-state index is 11.0. The summed E-state index contributed by atoms with van der Waals surface area (Å²) >= 11 is 5.78. The molecule has 0 unspecified atom stereocenters. The number of hydrogen-bond donors (Lipinski definition) is 0. The Kier molecular flexibility index (Phi) is 2.35. The number of carbonyl (C=O) groups excluding carboxylic acids is 1. The van der Waals surface area contributed by atoms with Gasteiger partial charge in [-0.05, 0) is 31.5 Å². The highest BCUT2D eigenvalue weighted by molar-refractivity contribution is 6.30. The molecule has 2 rings (SSSR count). The SMILES string of the molecule is CC1(C)OC(=O)O[C@@H]1c1ccc(Cl)cc1. The van der Waals surface area contributed by atoms with E-state index in [2.05, 4.69) is 0 Å². The average molecular weight is 227 g/mol. The van der Waals surface area contributed by atoms with Crippen LogP contribution in [0, 0.1) is 0 Å². The van der Waals surface area contributed by atoms with E-state index in [0.29, 0.717) is 5.02 Å². The summed E-state index contributed by atoms with van der Waals surface area (Å²) in [7, 11) is 0. The lowest BCUT2D eigenvalue weighted by Gasteiger charge is -2.21. The molecule has 0 N–H and O–H groups in total. The van der Waals surface area contributed by atoms with Crippen LogP contribution in [-0.2, 0) is 9.47 Å². The van der Waals surface area contributed by atoms with E-state index in [1.54, 1.807) is 12.1 Å². The molecule has 1 heterocycles. The van der Waals surface area contributed by atoms with E-state index in [1.165, 1.54) is 0 Å². The molecule has 0 aliphatic carbocycles. The third-order valence-electron chi connectivity index (χ3n) is 2.36. The van der Waals surface area contributed by atoms with Crippen molar-refractivity contribution in [2.45, 2.75) is 25.6 Å². The molecule has 1 aromatic carbocycles. The van der Waals surface area contributed by atoms with Crippen molar-refractivity contribution >= 4 is 17.8 Å². The molecule has 3 nitrogen and oxygen atoms in total. The molecule has 1 atom stereocenters. The van der Waals surface area contributed by atoms with Gasteiger partial charge in [0.2, 0.25) is 0 Å². The number of rotatable bonds is 1. The number of benzene rings is 1. The highest BCUT2D eigenvalue weighted by Crippen LogP contribution is 2.38. The molecule has 0 bridgehead atoms. The van der Waals surface area contributed by atoms with E-state index in [9.17, 15) is 4.79 Å². The molecular weight excluding hydrogens is 216 g/mol. The van der Waals surface area contributed by atoms with Crippen molar-refractivity contribution in [2.75, 3.05) is 0 Å². The summed E-state index contributed by atoms with van der Waals surface area (Å²) in [5, 5.41) is 0.654. The van der Waals surface area contributed by atoms with Crippen LogP contribution in [0.5, 0.6) is 0 Å². The van der Waals surface area contributed by atoms with Crippen molar-refractivity contribution < 1.29 is 14.3 Å². The molecule has 4 heteroatoms. The van der Waals surface area contributed by atoms with Crippen molar-refractivity contribution in [2.24, 2.45) is 0 Å². The molecule has 80 valence electrons. The second-order valence-corrected chi connectivity index (χ2v) is 4.44. The first-order valence-electron chi connectivity index (χ1n) is 4.64. The highest BCUT2D eigenvalue weighted by Gasteiger charge is 2.44. The van der Waals surface area contributed by atoms with Crippen LogP contribution >= 0.6 is 11.6 Å². The lowest BCUT2D eigenvalue weighted by Crippen LogP contribution is -2.26. The minimum absolute atomic E-state index is 0.373. The zero-order valence-electron chi connectivity index (χ0n) is 8.49. The fourth-order valence-electron chi connectivity index (χ4n) is 1.64. The van der Waals surface area contributed by atoms with E-state index in [0.717, 1.165) is 5.56 Å². The third kappa shape index (κ3) is 1.92. The molecular formula is C11H11ClO3. The Morgan fingerprint density at radius 1 is 1.27 bits per heavy atom. The molecule has 0 spiro atoms. The Balaban J connectivity index is 2.31. The van der Waals surface area contributed by atoms with E-state index in [4.69, 9.17) is 21.1 Å². The number of cyclic esters (lactones) is 2. The van der Waals surface area contributed by atoms with Gasteiger partial charge in [0.1, 0.15) is 0 Å². The van der Waals surface area contributed by atoms with E-state index >= 15 is 0 Å². The van der Waals surface area contributed by atoms with Crippen LogP contribution in [0.3, 0.4) is 0 Å². The van der Waals surface area contributed by atoms with Gasteiger partial charge in [-0.2, -0.15) is 0 Å². The topological polar surface area (TPSA) is 35.5 Å². The van der Waals surface area contributed by atoms with Gasteiger partial charge < -0.3 is 9.47 Å². The van der Waals surface area contributed by atoms with Gasteiger partial charge in [-0.3, -0.25) is 0 Å². The number of halogens is 1. The highest BCUT2D eigenvalue weighted by atomic mass is 35.5. The number of hydrogen-bond acceptors (Lipinski definition) is 3. The standard InChI is InChI=1S/C11H11ClO3/c1-11(2)9(14-10(13)15-11)7-3-5-8(12)6-4-7/h3-6,9H,1-2H3/t9-/m1/s1. The maximum atomic E-state index is 11.0. The molecule has 1 fully saturated rings. The lowest BCUT2D eigenvalue weighted by molar-refractivity contribution is 0.0642. The van der Waals surface area contributed by atoms with Crippen molar-refractivity contribution in [3.63, 3.8) is 0 Å². The average Bonchev–Trinajstić information content (AvgIpc) is 2.41. The van der Waals surface area contributed by atoms with Gasteiger partial charge in [0.15, 0.2) is 11.7 Å². The van der Waals surface area contributed by atoms with Crippen molar-refractivity contribution in [3.8, 4) is 0 Å². The Hall–Kier alpha value is -1.22. The van der Waals surface area contributed by atoms with Gasteiger partial charge >= 0.3 is 6.16 Å². The first-order chi connectivity index (χ1) is 6.99. The molecule has 1 saturated heterocycles. The van der Waals surface area contributed by atoms with Gasteiger partial charge in [0.25, 0.3) is 0 Å². The smallest absolute Gasteiger partial charge is 0.424 e. The predicted molar refractivity (Wildman–Crippen MR) is 55.8 cm³/mol. The fraction of sp³-hybridized carbons (Fsp3) is 0.364. The van der Waals surface area contributed by atoms with Gasteiger partial charge in [0.05, 0.1) is 0 Å². The first kappa shape index (κ1) is 10.3. The fourth-order valence-corrected chi connectivity index (χ4v) is 1.76. The molecule has 1 aromatic rings. The zero-order valence-corrected chi connectivity index (χ0v) is 9.25. The molecule has 1 aliphatic heterocycles. The Bertz CT molecular complexity index is 383. The van der Waals surface area contributed by atoms with Crippen LogP contribution in [0.1, 0.15) is 25.5 Å². The molecule has 0 saturated carbocycles. The maximum Gasteiger partial charge on any atom is 0.509 e. The van der Waals surface area contributed by atoms with E-state index < -0.39 is 11.8 Å². The summed E-state index contributed by atoms with van der Waals surface area (Å²) in [6, 6.07) is 7.19. The molecule has 0 amide bonds. The van der Waals surface area contributed by atoms with Crippen molar-refractivity contribution in [1.29, 1.82) is 0 Å². The van der Waals surface area contributed by atoms with Gasteiger partial charge in [-0.1, -0.05) is 23.7 Å². The Labute approximate surface area is 92.9 Å². The molecule has 0 aromatic heterocycles. The normalized spacial score (nSPS) is 23.4. The minimum atomic E-state index is -0.634. The van der Waals surface area contributed by atoms with Gasteiger partial charge in [-0.15, -0.1) is 0 Å². The molecule has 0 radical (unpaired) electrons. The monoisotopic (exact) mass is 226 g/mol. The summed E-state index contributed by atoms with van der Waals surface area (Å²) < 4.78 is 10.2. The summed E-state index contributed by atoms with van der Waals surface area (Å²) in [6.45, 7) is 3.63. The lowest BCUT2D eigenvalue weighted by atomic mass is 9.95. The quantitative estimate of drug-likeness (QED) is 0.689. The summed E-state index contributed by atoms with van der Waals surface area (Å²) in [6.07, 6.45) is -0.998. The first-order valence-corrected chi connectivity index (χ1v) is 5.02. The van der Waals surface area contributed by atoms with Crippen LogP contribution < -0.4 is 0 Å². The van der Waals surface area contributed by atoms with Crippen LogP contribution in [0.4, 0.5) is 4.79 Å². The number of ether oxygens (including phenoxy) is 2. The van der Waals surface area contributed by atoms with Crippen molar-refractivity contribution in [1.82, 2.24) is 0 Å². The largest absolute Gasteiger partial charge is 0.509 e. The van der Waals surface area contributed by atoms with Crippen LogP contribution in [0.25, 0.3) is 0 Å². The van der Waals surface area contributed by atoms with E-state index in [1.807, 2.05) is 26.0 Å². The van der Waals surface area contributed by atoms with Crippen LogP contribution in [-0.4, -0.2) is 11.8 Å². The van der Waals surface area contributed by atoms with Gasteiger partial charge in [0, 0.05) is 5.02 Å². The van der Waals surface area contributed by atoms with E-state index in [-0.39, 0.29) is 6.10 Å². The summed E-state index contributed by atoms with van der Waals surface area (Å²) in [5.41, 5.74) is 0.250. The Morgan fingerprint density at radius 3 is 2.33 bits per heavy atom. The predicted octanol–water partition coefficient (Wildman–Crippen LogP) is 3.33. The van der Waals surface area contributed by atoms with Crippen molar-refractivity contribution in [3.05, 3.63) is 34.9 Å². The third-order valence-corrected chi connectivity index (χ3v) is 2.62. The number of carbonyl (C=O) groups is 1. The summed E-state index contributed by atoms with van der Waals surface area (Å²) in [5.74, 6) is 0. The van der Waals surface area contributed by atoms with Crippen LogP contribution in [0.2, 0.25) is 5.02 Å². The van der Waals surface area contributed by atoms with Gasteiger partial charge in [-0.25, -0.2) is 4.79 Å². The molecule has 15 heavy (non-hydrogen) atoms. The zero-order chi connectivity index (χ0) is 11.1. The minimum Gasteiger partial charge on any atom is -0.424 e. The second-order valence-electron chi connectivity index (χ2n) is 4.00. The Morgan fingerprint density at radius 2 is 1.87 bits per heavy atom. The van der Waals surface area contributed by atoms with Crippen LogP contribution in [0.15, 0.2) is 24.3 Å².